The number of benzene rings is 3. The number of fused-ring (bicyclic) bond motifs is 1. The highest BCUT2D eigenvalue weighted by Crippen LogP contribution is 2.42. The average Bonchev–Trinajstić information content (AvgIpc) is 2.67. The van der Waals surface area contributed by atoms with E-state index < -0.39 is 5.97 Å². The third kappa shape index (κ3) is 3.76. The van der Waals surface area contributed by atoms with Crippen LogP contribution in [0.25, 0.3) is 11.1 Å². The number of hydrogen-bond donors (Lipinski definition) is 1. The molecule has 1 atom stereocenters. The van der Waals surface area contributed by atoms with Crippen LogP contribution in [0.5, 0.6) is 5.75 Å². The lowest BCUT2D eigenvalue weighted by molar-refractivity contribution is 0.0660. The van der Waals surface area contributed by atoms with Gasteiger partial charge in [0.2, 0.25) is 0 Å². The summed E-state index contributed by atoms with van der Waals surface area (Å²) in [5.74, 6) is -0.0841. The highest BCUT2D eigenvalue weighted by molar-refractivity contribution is 6.30. The van der Waals surface area contributed by atoms with Crippen molar-refractivity contribution in [3.05, 3.63) is 88.4 Å². The molecule has 0 saturated heterocycles. The van der Waals surface area contributed by atoms with Gasteiger partial charge in [-0.1, -0.05) is 54.1 Å². The van der Waals surface area contributed by atoms with E-state index in [1.165, 1.54) is 0 Å². The molecule has 1 aliphatic rings. The lowest BCUT2D eigenvalue weighted by Crippen LogP contribution is -2.38. The molecule has 1 N–H and O–H groups in total. The van der Waals surface area contributed by atoms with Crippen molar-refractivity contribution in [2.24, 2.45) is 0 Å². The zero-order valence-electron chi connectivity index (χ0n) is 15.6. The van der Waals surface area contributed by atoms with Crippen LogP contribution in [-0.2, 0) is 12.8 Å². The van der Waals surface area contributed by atoms with E-state index in [1.807, 2.05) is 36.4 Å². The van der Waals surface area contributed by atoms with Crippen LogP contribution in [0.4, 0.5) is 0 Å². The van der Waals surface area contributed by atoms with Crippen molar-refractivity contribution in [3.63, 3.8) is 0 Å². The van der Waals surface area contributed by atoms with E-state index in [2.05, 4.69) is 19.1 Å². The van der Waals surface area contributed by atoms with E-state index in [-0.39, 0.29) is 11.2 Å². The van der Waals surface area contributed by atoms with Crippen LogP contribution >= 0.6 is 11.6 Å². The fourth-order valence-corrected chi connectivity index (χ4v) is 4.06. The minimum Gasteiger partial charge on any atom is -0.486 e. The molecule has 0 saturated carbocycles. The van der Waals surface area contributed by atoms with Crippen LogP contribution in [-0.4, -0.2) is 16.7 Å². The number of rotatable bonds is 4. The van der Waals surface area contributed by atoms with Gasteiger partial charge in [-0.25, -0.2) is 4.79 Å². The van der Waals surface area contributed by atoms with E-state index in [0.717, 1.165) is 52.3 Å². The van der Waals surface area contributed by atoms with Crippen molar-refractivity contribution >= 4 is 17.6 Å². The molecule has 0 bridgehead atoms. The van der Waals surface area contributed by atoms with E-state index in [9.17, 15) is 9.90 Å². The Labute approximate surface area is 169 Å². The quantitative estimate of drug-likeness (QED) is 0.589. The van der Waals surface area contributed by atoms with Gasteiger partial charge in [0.15, 0.2) is 0 Å². The molecule has 28 heavy (non-hydrogen) atoms. The average molecular weight is 393 g/mol. The summed E-state index contributed by atoms with van der Waals surface area (Å²) in [4.78, 5) is 11.4. The lowest BCUT2D eigenvalue weighted by atomic mass is 9.85. The lowest BCUT2D eigenvalue weighted by Gasteiger charge is -2.37. The molecule has 0 radical (unpaired) electrons. The summed E-state index contributed by atoms with van der Waals surface area (Å²) in [5, 5.41) is 10.0. The fraction of sp³-hybridized carbons (Fsp3) is 0.208. The molecule has 0 fully saturated rings. The second-order valence-corrected chi connectivity index (χ2v) is 7.97. The molecule has 3 aromatic rings. The summed E-state index contributed by atoms with van der Waals surface area (Å²) in [6.07, 6.45) is 2.58. The Kier molecular flexibility index (Phi) is 4.86. The van der Waals surface area contributed by atoms with Crippen molar-refractivity contribution in [2.75, 3.05) is 0 Å². The molecule has 4 rings (SSSR count). The Morgan fingerprint density at radius 1 is 1.11 bits per heavy atom. The van der Waals surface area contributed by atoms with Gasteiger partial charge in [0.25, 0.3) is 0 Å². The number of halogens is 1. The molecular weight excluding hydrogens is 372 g/mol. The maximum Gasteiger partial charge on any atom is 0.335 e. The Bertz CT molecular complexity index is 1040. The number of ether oxygens (including phenoxy) is 1. The van der Waals surface area contributed by atoms with Crippen LogP contribution in [0, 0.1) is 0 Å². The molecular formula is C24H21ClO3. The maximum atomic E-state index is 11.4. The van der Waals surface area contributed by atoms with Crippen molar-refractivity contribution < 1.29 is 14.6 Å². The first-order valence-corrected chi connectivity index (χ1v) is 9.70. The molecule has 0 aromatic heterocycles. The zero-order chi connectivity index (χ0) is 19.7. The number of aromatic carboxylic acids is 1. The fourth-order valence-electron chi connectivity index (χ4n) is 3.85. The van der Waals surface area contributed by atoms with Crippen molar-refractivity contribution in [3.8, 4) is 16.9 Å². The SMILES string of the molecule is C[C@]1(Cc2cccc(Cl)c2)CCc2cccc(-c3cccc(C(=O)O)c3)c2O1. The maximum absolute atomic E-state index is 11.4. The molecule has 0 amide bonds. The number of para-hydroxylation sites is 1. The number of carbonyl (C=O) groups is 1. The highest BCUT2D eigenvalue weighted by atomic mass is 35.5. The van der Waals surface area contributed by atoms with Gasteiger partial charge in [-0.05, 0) is 60.7 Å². The van der Waals surface area contributed by atoms with Crippen molar-refractivity contribution in [1.29, 1.82) is 0 Å². The Balaban J connectivity index is 1.70. The molecule has 4 heteroatoms. The standard InChI is InChI=1S/C24H21ClO3/c1-24(15-16-5-2-9-20(25)13-16)12-11-17-6-4-10-21(22(17)28-24)18-7-3-8-19(14-18)23(26)27/h2-10,13-14H,11-12,15H2,1H3,(H,26,27)/t24-/m1/s1. The highest BCUT2D eigenvalue weighted by Gasteiger charge is 2.33. The summed E-state index contributed by atoms with van der Waals surface area (Å²) in [7, 11) is 0. The predicted octanol–water partition coefficient (Wildman–Crippen LogP) is 6.03. The number of aryl methyl sites for hydroxylation is 1. The van der Waals surface area contributed by atoms with Crippen molar-refractivity contribution in [2.45, 2.75) is 31.8 Å². The monoisotopic (exact) mass is 392 g/mol. The van der Waals surface area contributed by atoms with Gasteiger partial charge < -0.3 is 9.84 Å². The van der Waals surface area contributed by atoms with Crippen LogP contribution in [0.15, 0.2) is 66.7 Å². The molecule has 1 aliphatic heterocycles. The summed E-state index contributed by atoms with van der Waals surface area (Å²) in [6, 6.07) is 21.0. The van der Waals surface area contributed by atoms with Gasteiger partial charge in [0.1, 0.15) is 11.4 Å². The zero-order valence-corrected chi connectivity index (χ0v) is 16.4. The normalized spacial score (nSPS) is 18.2. The third-order valence-corrected chi connectivity index (χ3v) is 5.49. The molecule has 0 spiro atoms. The van der Waals surface area contributed by atoms with Crippen LogP contribution in [0.2, 0.25) is 5.02 Å². The van der Waals surface area contributed by atoms with Crippen molar-refractivity contribution in [1.82, 2.24) is 0 Å². The first-order valence-electron chi connectivity index (χ1n) is 9.33. The van der Waals surface area contributed by atoms with Gasteiger partial charge >= 0.3 is 5.97 Å². The molecule has 0 unspecified atom stereocenters. The van der Waals surface area contributed by atoms with Gasteiger partial charge in [-0.2, -0.15) is 0 Å². The second-order valence-electron chi connectivity index (χ2n) is 7.54. The van der Waals surface area contributed by atoms with E-state index >= 15 is 0 Å². The summed E-state index contributed by atoms with van der Waals surface area (Å²) in [6.45, 7) is 2.13. The molecule has 1 heterocycles. The topological polar surface area (TPSA) is 46.5 Å². The number of carboxylic acid groups (broad SMARTS) is 1. The first-order chi connectivity index (χ1) is 13.4. The Morgan fingerprint density at radius 3 is 2.68 bits per heavy atom. The minimum atomic E-state index is -0.932. The minimum absolute atomic E-state index is 0.271. The molecule has 3 aromatic carbocycles. The van der Waals surface area contributed by atoms with E-state index in [0.29, 0.717) is 0 Å². The van der Waals surface area contributed by atoms with E-state index in [1.54, 1.807) is 18.2 Å². The van der Waals surface area contributed by atoms with Crippen LogP contribution in [0.1, 0.15) is 34.8 Å². The summed E-state index contributed by atoms with van der Waals surface area (Å²) >= 11 is 6.15. The van der Waals surface area contributed by atoms with Gasteiger partial charge in [-0.3, -0.25) is 0 Å². The third-order valence-electron chi connectivity index (χ3n) is 5.26. The van der Waals surface area contributed by atoms with Gasteiger partial charge in [0.05, 0.1) is 5.56 Å². The van der Waals surface area contributed by atoms with Crippen LogP contribution < -0.4 is 4.74 Å². The van der Waals surface area contributed by atoms with Gasteiger partial charge in [-0.15, -0.1) is 0 Å². The number of hydrogen-bond acceptors (Lipinski definition) is 2. The Hall–Kier alpha value is -2.78. The second kappa shape index (κ2) is 7.33. The Morgan fingerprint density at radius 2 is 1.89 bits per heavy atom. The van der Waals surface area contributed by atoms with E-state index in [4.69, 9.17) is 16.3 Å². The number of carboxylic acids is 1. The smallest absolute Gasteiger partial charge is 0.335 e. The van der Waals surface area contributed by atoms with Gasteiger partial charge in [0, 0.05) is 17.0 Å². The molecule has 3 nitrogen and oxygen atoms in total. The first kappa shape index (κ1) is 18.6. The summed E-state index contributed by atoms with van der Waals surface area (Å²) < 4.78 is 6.56. The largest absolute Gasteiger partial charge is 0.486 e. The molecule has 142 valence electrons. The predicted molar refractivity (Wildman–Crippen MR) is 111 cm³/mol. The van der Waals surface area contributed by atoms with Crippen LogP contribution in [0.3, 0.4) is 0 Å². The molecule has 0 aliphatic carbocycles. The summed E-state index contributed by atoms with van der Waals surface area (Å²) in [5.41, 5.74) is 4.00.